The number of rotatable bonds is 8. The van der Waals surface area contributed by atoms with Gasteiger partial charge in [-0.1, -0.05) is 0 Å². The highest BCUT2D eigenvalue weighted by atomic mass is 16.5. The molecule has 7 heteroatoms. The second-order valence-electron chi connectivity index (χ2n) is 6.96. The smallest absolute Gasteiger partial charge is 0.251 e. The third-order valence-electron chi connectivity index (χ3n) is 4.88. The second kappa shape index (κ2) is 8.40. The van der Waals surface area contributed by atoms with Crippen LogP contribution in [0.5, 0.6) is 5.75 Å². The molecule has 1 saturated carbocycles. The molecule has 1 aliphatic heterocycles. The zero-order chi connectivity index (χ0) is 18.5. The summed E-state index contributed by atoms with van der Waals surface area (Å²) in [5.41, 5.74) is 1.39. The summed E-state index contributed by atoms with van der Waals surface area (Å²) in [7, 11) is 3.53. The molecule has 7 nitrogen and oxygen atoms in total. The second-order valence-corrected chi connectivity index (χ2v) is 6.96. The lowest BCUT2D eigenvalue weighted by Crippen LogP contribution is -2.44. The molecule has 0 bridgehead atoms. The van der Waals surface area contributed by atoms with Crippen LogP contribution in [0.1, 0.15) is 29.6 Å². The zero-order valence-corrected chi connectivity index (χ0v) is 15.4. The van der Waals surface area contributed by atoms with Crippen LogP contribution in [0.3, 0.4) is 0 Å². The van der Waals surface area contributed by atoms with E-state index >= 15 is 0 Å². The lowest BCUT2D eigenvalue weighted by atomic mass is 10.1. The minimum Gasteiger partial charge on any atom is -0.489 e. The predicted octanol–water partition coefficient (Wildman–Crippen LogP) is 1.18. The molecule has 26 heavy (non-hydrogen) atoms. The maximum atomic E-state index is 12.2. The molecule has 0 unspecified atom stereocenters. The van der Waals surface area contributed by atoms with Crippen molar-refractivity contribution in [2.75, 3.05) is 45.4 Å². The Hall–Kier alpha value is -2.28. The molecule has 3 rings (SSSR count). The zero-order valence-electron chi connectivity index (χ0n) is 15.4. The van der Waals surface area contributed by atoms with Gasteiger partial charge in [0, 0.05) is 32.8 Å². The Bertz CT molecular complexity index is 660. The van der Waals surface area contributed by atoms with E-state index in [1.165, 1.54) is 12.8 Å². The van der Waals surface area contributed by atoms with Gasteiger partial charge in [-0.15, -0.1) is 0 Å². The topological polar surface area (TPSA) is 79.9 Å². The first-order chi connectivity index (χ1) is 12.6. The number of anilines is 1. The molecule has 1 aliphatic carbocycles. The van der Waals surface area contributed by atoms with Crippen molar-refractivity contribution in [3.05, 3.63) is 23.8 Å². The van der Waals surface area contributed by atoms with Crippen LogP contribution in [0, 0.1) is 5.92 Å². The maximum Gasteiger partial charge on any atom is 0.251 e. The number of nitrogens with zero attached hydrogens (tertiary/aromatic N) is 1. The van der Waals surface area contributed by atoms with E-state index in [1.54, 1.807) is 19.2 Å². The quantitative estimate of drug-likeness (QED) is 0.680. The van der Waals surface area contributed by atoms with E-state index in [4.69, 9.17) is 9.47 Å². The number of benzene rings is 1. The number of amides is 2. The van der Waals surface area contributed by atoms with Crippen molar-refractivity contribution in [3.63, 3.8) is 0 Å². The first-order valence-electron chi connectivity index (χ1n) is 9.12. The van der Waals surface area contributed by atoms with Gasteiger partial charge in [0.05, 0.1) is 24.8 Å². The molecule has 1 aromatic rings. The fourth-order valence-corrected chi connectivity index (χ4v) is 2.98. The molecular formula is C19H27N3O4. The van der Waals surface area contributed by atoms with Crippen molar-refractivity contribution in [1.29, 1.82) is 0 Å². The average molecular weight is 361 g/mol. The molecule has 2 N–H and O–H groups in total. The first kappa shape index (κ1) is 18.5. The van der Waals surface area contributed by atoms with Gasteiger partial charge in [-0.2, -0.15) is 0 Å². The molecule has 0 spiro atoms. The Labute approximate surface area is 154 Å². The lowest BCUT2D eigenvalue weighted by Gasteiger charge is -2.35. The van der Waals surface area contributed by atoms with Crippen LogP contribution in [0.15, 0.2) is 18.2 Å². The Morgan fingerprint density at radius 1 is 1.31 bits per heavy atom. The van der Waals surface area contributed by atoms with Crippen molar-refractivity contribution < 1.29 is 19.1 Å². The van der Waals surface area contributed by atoms with Gasteiger partial charge in [0.25, 0.3) is 5.91 Å². The van der Waals surface area contributed by atoms with Gasteiger partial charge in [-0.25, -0.2) is 0 Å². The summed E-state index contributed by atoms with van der Waals surface area (Å²) in [6.07, 6.45) is 2.82. The van der Waals surface area contributed by atoms with Crippen molar-refractivity contribution in [2.24, 2.45) is 5.92 Å². The molecule has 0 aromatic heterocycles. The van der Waals surface area contributed by atoms with Gasteiger partial charge in [0.15, 0.2) is 0 Å². The maximum absolute atomic E-state index is 12.2. The molecular weight excluding hydrogens is 334 g/mol. The average Bonchev–Trinajstić information content (AvgIpc) is 3.47. The van der Waals surface area contributed by atoms with Gasteiger partial charge in [0.2, 0.25) is 5.91 Å². The van der Waals surface area contributed by atoms with Crippen LogP contribution < -0.4 is 20.3 Å². The molecule has 1 aromatic carbocycles. The summed E-state index contributed by atoms with van der Waals surface area (Å²) in [6.45, 7) is 2.17. The number of nitrogens with one attached hydrogen (secondary N) is 2. The monoisotopic (exact) mass is 361 g/mol. The van der Waals surface area contributed by atoms with Crippen LogP contribution in [0.4, 0.5) is 5.69 Å². The van der Waals surface area contributed by atoms with E-state index in [0.29, 0.717) is 37.7 Å². The predicted molar refractivity (Wildman–Crippen MR) is 98.7 cm³/mol. The number of fused-ring (bicyclic) bond motifs is 1. The molecule has 1 atom stereocenters. The number of hydrogen-bond donors (Lipinski definition) is 2. The van der Waals surface area contributed by atoms with Crippen LogP contribution >= 0.6 is 0 Å². The SMILES string of the molecule is COCCNC(=O)c1ccc2c(c1)N(C)[C@@H](CC(=O)NCC1CC1)CO2. The van der Waals surface area contributed by atoms with Gasteiger partial charge in [-0.05, 0) is 37.0 Å². The fourth-order valence-electron chi connectivity index (χ4n) is 2.98. The molecule has 0 radical (unpaired) electrons. The van der Waals surface area contributed by atoms with Crippen LogP contribution in [0.25, 0.3) is 0 Å². The number of carbonyl (C=O) groups excluding carboxylic acids is 2. The summed E-state index contributed by atoms with van der Waals surface area (Å²) >= 11 is 0. The van der Waals surface area contributed by atoms with Crippen LogP contribution in [0.2, 0.25) is 0 Å². The van der Waals surface area contributed by atoms with Crippen LogP contribution in [-0.4, -0.2) is 58.3 Å². The fraction of sp³-hybridized carbons (Fsp3) is 0.579. The van der Waals surface area contributed by atoms with Gasteiger partial charge < -0.3 is 25.0 Å². The Balaban J connectivity index is 1.61. The van der Waals surface area contributed by atoms with Crippen LogP contribution in [-0.2, 0) is 9.53 Å². The summed E-state index contributed by atoms with van der Waals surface area (Å²) in [6, 6.07) is 5.32. The molecule has 0 saturated heterocycles. The number of likely N-dealkylation sites (N-methyl/N-ethyl adjacent to an activating group) is 1. The summed E-state index contributed by atoms with van der Waals surface area (Å²) < 4.78 is 10.7. The van der Waals surface area contributed by atoms with E-state index in [2.05, 4.69) is 10.6 Å². The number of methoxy groups -OCH3 is 1. The summed E-state index contributed by atoms with van der Waals surface area (Å²) in [5.74, 6) is 1.30. The van der Waals surface area contributed by atoms with E-state index in [-0.39, 0.29) is 17.9 Å². The van der Waals surface area contributed by atoms with E-state index in [1.807, 2.05) is 18.0 Å². The normalized spacial score (nSPS) is 18.7. The summed E-state index contributed by atoms with van der Waals surface area (Å²) in [5, 5.41) is 5.81. The molecule has 2 amide bonds. The van der Waals surface area contributed by atoms with Crippen molar-refractivity contribution in [2.45, 2.75) is 25.3 Å². The highest BCUT2D eigenvalue weighted by Gasteiger charge is 2.28. The third kappa shape index (κ3) is 4.66. The Kier molecular flexibility index (Phi) is 5.98. The molecule has 1 heterocycles. The largest absolute Gasteiger partial charge is 0.489 e. The van der Waals surface area contributed by atoms with Gasteiger partial charge in [-0.3, -0.25) is 9.59 Å². The highest BCUT2D eigenvalue weighted by Crippen LogP contribution is 2.34. The standard InChI is InChI=1S/C19H27N3O4/c1-22-15(10-18(23)21-11-13-3-4-13)12-26-17-6-5-14(9-16(17)22)19(24)20-7-8-25-2/h5-6,9,13,15H,3-4,7-8,10-12H2,1-2H3,(H,20,24)(H,21,23)/t15-/m0/s1. The molecule has 142 valence electrons. The third-order valence-corrected chi connectivity index (χ3v) is 4.88. The van der Waals surface area contributed by atoms with Crippen molar-refractivity contribution in [3.8, 4) is 5.75 Å². The summed E-state index contributed by atoms with van der Waals surface area (Å²) in [4.78, 5) is 26.4. The van der Waals surface area contributed by atoms with Crippen molar-refractivity contribution >= 4 is 17.5 Å². The number of carbonyl (C=O) groups is 2. The van der Waals surface area contributed by atoms with Crippen molar-refractivity contribution in [1.82, 2.24) is 10.6 Å². The van der Waals surface area contributed by atoms with Gasteiger partial charge in [0.1, 0.15) is 12.4 Å². The first-order valence-corrected chi connectivity index (χ1v) is 9.12. The minimum absolute atomic E-state index is 0.0477. The van der Waals surface area contributed by atoms with E-state index in [9.17, 15) is 9.59 Å². The number of hydrogen-bond acceptors (Lipinski definition) is 5. The van der Waals surface area contributed by atoms with E-state index in [0.717, 1.165) is 18.0 Å². The van der Waals surface area contributed by atoms with Gasteiger partial charge >= 0.3 is 0 Å². The lowest BCUT2D eigenvalue weighted by molar-refractivity contribution is -0.121. The number of ether oxygens (including phenoxy) is 2. The van der Waals surface area contributed by atoms with E-state index < -0.39 is 0 Å². The Morgan fingerprint density at radius 3 is 2.85 bits per heavy atom. The highest BCUT2D eigenvalue weighted by molar-refractivity contribution is 5.95. The Morgan fingerprint density at radius 2 is 2.12 bits per heavy atom. The minimum atomic E-state index is -0.150. The molecule has 2 aliphatic rings. The molecule has 1 fully saturated rings.